The number of ether oxygens (including phenoxy) is 1. The molecule has 0 radical (unpaired) electrons. The number of carbonyl (C=O) groups excluding carboxylic acids is 1. The van der Waals surface area contributed by atoms with Crippen LogP contribution in [0.25, 0.3) is 11.5 Å². The number of rotatable bonds is 6. The van der Waals surface area contributed by atoms with Crippen molar-refractivity contribution >= 4 is 58.2 Å². The minimum atomic E-state index is -0.251. The van der Waals surface area contributed by atoms with Gasteiger partial charge in [-0.25, -0.2) is 0 Å². The molecular weight excluding hydrogens is 433 g/mol. The average molecular weight is 445 g/mol. The fourth-order valence-electron chi connectivity index (χ4n) is 2.12. The lowest BCUT2D eigenvalue weighted by Gasteiger charge is -2.05. The van der Waals surface area contributed by atoms with Crippen LogP contribution in [0.5, 0.6) is 5.75 Å². The summed E-state index contributed by atoms with van der Waals surface area (Å²) in [6.45, 7) is 0. The Labute approximate surface area is 174 Å². The highest BCUT2D eigenvalue weighted by Gasteiger charge is 2.15. The molecule has 0 bridgehead atoms. The summed E-state index contributed by atoms with van der Waals surface area (Å²) in [6, 6.07) is 9.91. The number of amides is 1. The highest BCUT2D eigenvalue weighted by molar-refractivity contribution is 7.99. The highest BCUT2D eigenvalue weighted by Crippen LogP contribution is 2.33. The first-order valence-corrected chi connectivity index (χ1v) is 9.63. The van der Waals surface area contributed by atoms with Crippen LogP contribution >= 0.6 is 46.6 Å². The van der Waals surface area contributed by atoms with Crippen LogP contribution in [-0.4, -0.2) is 29.0 Å². The maximum atomic E-state index is 12.1. The Morgan fingerprint density at radius 3 is 2.70 bits per heavy atom. The minimum Gasteiger partial charge on any atom is -0.496 e. The number of methoxy groups -OCH3 is 1. The summed E-state index contributed by atoms with van der Waals surface area (Å²) in [6.07, 6.45) is 0. The van der Waals surface area contributed by atoms with Crippen molar-refractivity contribution in [2.45, 2.75) is 5.22 Å². The summed E-state index contributed by atoms with van der Waals surface area (Å²) >= 11 is 18.9. The van der Waals surface area contributed by atoms with Crippen LogP contribution in [0.1, 0.15) is 0 Å². The number of hydrogen-bond donors (Lipinski definition) is 1. The lowest BCUT2D eigenvalue weighted by atomic mass is 10.2. The molecule has 0 aliphatic carbocycles. The van der Waals surface area contributed by atoms with Crippen LogP contribution in [0.2, 0.25) is 15.1 Å². The van der Waals surface area contributed by atoms with Gasteiger partial charge in [-0.05, 0) is 36.4 Å². The minimum absolute atomic E-state index is 0.0779. The lowest BCUT2D eigenvalue weighted by Crippen LogP contribution is -2.13. The third-order valence-electron chi connectivity index (χ3n) is 3.33. The monoisotopic (exact) mass is 443 g/mol. The smallest absolute Gasteiger partial charge is 0.277 e. The Balaban J connectivity index is 1.63. The van der Waals surface area contributed by atoms with E-state index in [1.54, 1.807) is 36.4 Å². The molecule has 27 heavy (non-hydrogen) atoms. The number of aromatic nitrogens is 2. The zero-order valence-corrected chi connectivity index (χ0v) is 16.9. The molecule has 0 spiro atoms. The van der Waals surface area contributed by atoms with Crippen molar-refractivity contribution in [3.63, 3.8) is 0 Å². The van der Waals surface area contributed by atoms with Crippen LogP contribution in [0.4, 0.5) is 5.69 Å². The van der Waals surface area contributed by atoms with Gasteiger partial charge in [-0.2, -0.15) is 0 Å². The van der Waals surface area contributed by atoms with Crippen molar-refractivity contribution in [2.24, 2.45) is 0 Å². The van der Waals surface area contributed by atoms with E-state index in [4.69, 9.17) is 44.0 Å². The number of hydrogen-bond acceptors (Lipinski definition) is 6. The summed E-state index contributed by atoms with van der Waals surface area (Å²) in [7, 11) is 1.53. The average Bonchev–Trinajstić information content (AvgIpc) is 3.12. The molecule has 1 aromatic heterocycles. The van der Waals surface area contributed by atoms with Gasteiger partial charge in [0.25, 0.3) is 11.1 Å². The zero-order chi connectivity index (χ0) is 19.4. The Bertz CT molecular complexity index is 981. The SMILES string of the molecule is COc1ccc(Cl)cc1-c1nnc(SCC(=O)Nc2ccc(Cl)c(Cl)c2)o1. The molecule has 1 heterocycles. The maximum absolute atomic E-state index is 12.1. The van der Waals surface area contributed by atoms with E-state index in [2.05, 4.69) is 15.5 Å². The van der Waals surface area contributed by atoms with Gasteiger partial charge in [-0.15, -0.1) is 10.2 Å². The molecule has 0 fully saturated rings. The van der Waals surface area contributed by atoms with Gasteiger partial charge >= 0.3 is 0 Å². The van der Waals surface area contributed by atoms with Crippen molar-refractivity contribution in [3.05, 3.63) is 51.5 Å². The van der Waals surface area contributed by atoms with E-state index in [-0.39, 0.29) is 22.8 Å². The summed E-state index contributed by atoms with van der Waals surface area (Å²) in [4.78, 5) is 12.1. The third kappa shape index (κ3) is 5.07. The number of halogens is 3. The summed E-state index contributed by atoms with van der Waals surface area (Å²) in [5, 5.41) is 12.2. The second-order valence-corrected chi connectivity index (χ2v) is 7.36. The number of nitrogens with one attached hydrogen (secondary N) is 1. The molecule has 3 aromatic rings. The van der Waals surface area contributed by atoms with Gasteiger partial charge in [0.1, 0.15) is 5.75 Å². The molecule has 0 saturated carbocycles. The lowest BCUT2D eigenvalue weighted by molar-refractivity contribution is -0.113. The molecule has 1 amide bonds. The fraction of sp³-hybridized carbons (Fsp3) is 0.118. The van der Waals surface area contributed by atoms with Gasteiger partial charge in [0.05, 0.1) is 28.5 Å². The summed E-state index contributed by atoms with van der Waals surface area (Å²) in [5.74, 6) is 0.631. The van der Waals surface area contributed by atoms with Gasteiger partial charge in [0.2, 0.25) is 5.91 Å². The van der Waals surface area contributed by atoms with Gasteiger partial charge < -0.3 is 14.5 Å². The molecule has 0 unspecified atom stereocenters. The molecule has 0 atom stereocenters. The molecule has 0 aliphatic heterocycles. The van der Waals surface area contributed by atoms with Gasteiger partial charge in [-0.3, -0.25) is 4.79 Å². The molecule has 1 N–H and O–H groups in total. The van der Waals surface area contributed by atoms with Crippen LogP contribution in [0.3, 0.4) is 0 Å². The van der Waals surface area contributed by atoms with E-state index >= 15 is 0 Å². The Morgan fingerprint density at radius 2 is 1.96 bits per heavy atom. The third-order valence-corrected chi connectivity index (χ3v) is 5.12. The van der Waals surface area contributed by atoms with E-state index in [9.17, 15) is 4.79 Å². The van der Waals surface area contributed by atoms with E-state index in [1.807, 2.05) is 0 Å². The first-order chi connectivity index (χ1) is 13.0. The molecule has 140 valence electrons. The largest absolute Gasteiger partial charge is 0.496 e. The quantitative estimate of drug-likeness (QED) is 0.510. The van der Waals surface area contributed by atoms with Crippen molar-refractivity contribution in [1.29, 1.82) is 0 Å². The highest BCUT2D eigenvalue weighted by atomic mass is 35.5. The summed E-state index contributed by atoms with van der Waals surface area (Å²) < 4.78 is 10.9. The Kier molecular flexibility index (Phi) is 6.49. The van der Waals surface area contributed by atoms with Crippen molar-refractivity contribution in [2.75, 3.05) is 18.2 Å². The maximum Gasteiger partial charge on any atom is 0.277 e. The molecule has 3 rings (SSSR count). The van der Waals surface area contributed by atoms with Crippen LogP contribution in [0.15, 0.2) is 46.0 Å². The van der Waals surface area contributed by atoms with Crippen LogP contribution < -0.4 is 10.1 Å². The van der Waals surface area contributed by atoms with E-state index in [1.165, 1.54) is 7.11 Å². The number of benzene rings is 2. The molecular formula is C17H12Cl3N3O3S. The Morgan fingerprint density at radius 1 is 1.15 bits per heavy atom. The van der Waals surface area contributed by atoms with Crippen LogP contribution in [0, 0.1) is 0 Å². The second kappa shape index (κ2) is 8.84. The predicted molar refractivity (Wildman–Crippen MR) is 107 cm³/mol. The van der Waals surface area contributed by atoms with Crippen molar-refractivity contribution in [3.8, 4) is 17.2 Å². The molecule has 0 saturated heterocycles. The van der Waals surface area contributed by atoms with Gasteiger partial charge in [-0.1, -0.05) is 46.6 Å². The topological polar surface area (TPSA) is 77.2 Å². The number of thioether (sulfide) groups is 1. The second-order valence-electron chi connectivity index (χ2n) is 5.18. The van der Waals surface area contributed by atoms with Crippen LogP contribution in [-0.2, 0) is 4.79 Å². The van der Waals surface area contributed by atoms with Crippen molar-refractivity contribution in [1.82, 2.24) is 10.2 Å². The number of carbonyl (C=O) groups is 1. The standard InChI is InChI=1S/C17H12Cl3N3O3S/c1-25-14-5-2-9(18)6-11(14)16-22-23-17(26-16)27-8-15(24)21-10-3-4-12(19)13(20)7-10/h2-7H,8H2,1H3,(H,21,24). The van der Waals surface area contributed by atoms with Crippen molar-refractivity contribution < 1.29 is 13.9 Å². The van der Waals surface area contributed by atoms with E-state index < -0.39 is 0 Å². The van der Waals surface area contributed by atoms with E-state index in [0.717, 1.165) is 11.8 Å². The number of anilines is 1. The predicted octanol–water partition coefficient (Wildman–Crippen LogP) is 5.44. The fourth-order valence-corrected chi connectivity index (χ4v) is 3.16. The first-order valence-electron chi connectivity index (χ1n) is 7.51. The molecule has 2 aromatic carbocycles. The van der Waals surface area contributed by atoms with Gasteiger partial charge in [0, 0.05) is 10.7 Å². The molecule has 10 heteroatoms. The first kappa shape index (κ1) is 19.8. The normalized spacial score (nSPS) is 10.7. The molecule has 6 nitrogen and oxygen atoms in total. The Hall–Kier alpha value is -1.93. The van der Waals surface area contributed by atoms with E-state index in [0.29, 0.717) is 32.1 Å². The zero-order valence-electron chi connectivity index (χ0n) is 13.8. The number of nitrogens with zero attached hydrogens (tertiary/aromatic N) is 2. The van der Waals surface area contributed by atoms with Gasteiger partial charge in [0.15, 0.2) is 0 Å². The summed E-state index contributed by atoms with van der Waals surface area (Å²) in [5.41, 5.74) is 1.12. The molecule has 0 aliphatic rings.